The number of amides is 1. The lowest BCUT2D eigenvalue weighted by molar-refractivity contribution is -0.128. The molecule has 0 radical (unpaired) electrons. The number of rotatable bonds is 5. The normalized spacial score (nSPS) is 13.2. The molecule has 2 N–H and O–H groups in total. The number of hydrogen-bond acceptors (Lipinski definition) is 2. The van der Waals surface area contributed by atoms with E-state index in [2.05, 4.69) is 49.6 Å². The van der Waals surface area contributed by atoms with Crippen LogP contribution in [-0.4, -0.2) is 19.5 Å². The predicted octanol–water partition coefficient (Wildman–Crippen LogP) is 2.73. The Hall–Kier alpha value is -1.35. The van der Waals surface area contributed by atoms with Crippen molar-refractivity contribution >= 4 is 5.91 Å². The van der Waals surface area contributed by atoms with Crippen LogP contribution >= 0.6 is 0 Å². The Morgan fingerprint density at radius 3 is 2.42 bits per heavy atom. The van der Waals surface area contributed by atoms with Gasteiger partial charge in [0.2, 0.25) is 5.91 Å². The van der Waals surface area contributed by atoms with E-state index < -0.39 is 5.41 Å². The zero-order valence-corrected chi connectivity index (χ0v) is 12.9. The number of aryl methyl sites for hydroxylation is 2. The highest BCUT2D eigenvalue weighted by atomic mass is 16.2. The predicted molar refractivity (Wildman–Crippen MR) is 80.2 cm³/mol. The Bertz CT molecular complexity index is 452. The van der Waals surface area contributed by atoms with Gasteiger partial charge >= 0.3 is 0 Å². The largest absolute Gasteiger partial charge is 0.359 e. The number of carbonyl (C=O) groups excluding carboxylic acids is 1. The van der Waals surface area contributed by atoms with Gasteiger partial charge in [-0.05, 0) is 51.3 Å². The van der Waals surface area contributed by atoms with E-state index in [0.717, 1.165) is 0 Å². The van der Waals surface area contributed by atoms with E-state index >= 15 is 0 Å². The Morgan fingerprint density at radius 1 is 1.26 bits per heavy atom. The molecule has 1 aromatic carbocycles. The van der Waals surface area contributed by atoms with Crippen LogP contribution in [0.15, 0.2) is 18.2 Å². The van der Waals surface area contributed by atoms with Crippen molar-refractivity contribution in [2.75, 3.05) is 13.6 Å². The minimum absolute atomic E-state index is 0.0623. The van der Waals surface area contributed by atoms with E-state index in [4.69, 9.17) is 0 Å². The molecule has 3 nitrogen and oxygen atoms in total. The maximum Gasteiger partial charge on any atom is 0.226 e. The van der Waals surface area contributed by atoms with Gasteiger partial charge < -0.3 is 10.6 Å². The molecular weight excluding hydrogens is 236 g/mol. The molecule has 0 aliphatic rings. The fourth-order valence-corrected chi connectivity index (χ4v) is 1.98. The number of carbonyl (C=O) groups is 1. The quantitative estimate of drug-likeness (QED) is 0.856. The van der Waals surface area contributed by atoms with Crippen molar-refractivity contribution < 1.29 is 4.79 Å². The maximum absolute atomic E-state index is 11.7. The number of benzene rings is 1. The molecule has 3 heteroatoms. The van der Waals surface area contributed by atoms with Crippen molar-refractivity contribution in [2.24, 2.45) is 5.41 Å². The van der Waals surface area contributed by atoms with Gasteiger partial charge in [0, 0.05) is 19.6 Å². The molecule has 0 saturated carbocycles. The summed E-state index contributed by atoms with van der Waals surface area (Å²) >= 11 is 0. The minimum Gasteiger partial charge on any atom is -0.359 e. The highest BCUT2D eigenvalue weighted by Crippen LogP contribution is 2.19. The molecule has 0 saturated heterocycles. The van der Waals surface area contributed by atoms with Gasteiger partial charge in [-0.1, -0.05) is 18.2 Å². The lowest BCUT2D eigenvalue weighted by atomic mass is 9.91. The molecule has 0 aliphatic carbocycles. The lowest BCUT2D eigenvalue weighted by Crippen LogP contribution is -2.42. The Kier molecular flexibility index (Phi) is 5.12. The van der Waals surface area contributed by atoms with Gasteiger partial charge in [0.1, 0.15) is 0 Å². The van der Waals surface area contributed by atoms with Crippen molar-refractivity contribution in [1.82, 2.24) is 10.6 Å². The van der Waals surface area contributed by atoms with Crippen LogP contribution in [0.1, 0.15) is 43.5 Å². The van der Waals surface area contributed by atoms with E-state index in [0.29, 0.717) is 6.54 Å². The molecule has 19 heavy (non-hydrogen) atoms. The second kappa shape index (κ2) is 6.20. The average molecular weight is 262 g/mol. The summed E-state index contributed by atoms with van der Waals surface area (Å²) in [5, 5.41) is 6.15. The van der Waals surface area contributed by atoms with Crippen LogP contribution in [0.5, 0.6) is 0 Å². The SMILES string of the molecule is CNC(=O)C(C)(C)CNC(C)c1ccc(C)c(C)c1. The molecule has 1 rings (SSSR count). The maximum atomic E-state index is 11.7. The zero-order valence-electron chi connectivity index (χ0n) is 12.9. The van der Waals surface area contributed by atoms with Gasteiger partial charge in [0.05, 0.1) is 5.41 Å². The van der Waals surface area contributed by atoms with Crippen molar-refractivity contribution in [3.05, 3.63) is 34.9 Å². The van der Waals surface area contributed by atoms with Crippen LogP contribution in [0.3, 0.4) is 0 Å². The molecule has 1 atom stereocenters. The first-order chi connectivity index (χ1) is 8.77. The van der Waals surface area contributed by atoms with Crippen LogP contribution in [-0.2, 0) is 4.79 Å². The first-order valence-corrected chi connectivity index (χ1v) is 6.80. The Labute approximate surface area is 116 Å². The van der Waals surface area contributed by atoms with Crippen LogP contribution in [0, 0.1) is 19.3 Å². The fraction of sp³-hybridized carbons (Fsp3) is 0.562. The van der Waals surface area contributed by atoms with E-state index in [9.17, 15) is 4.79 Å². The van der Waals surface area contributed by atoms with Gasteiger partial charge in [-0.25, -0.2) is 0 Å². The summed E-state index contributed by atoms with van der Waals surface area (Å²) in [7, 11) is 1.68. The number of nitrogens with one attached hydrogen (secondary N) is 2. The Balaban J connectivity index is 2.67. The van der Waals surface area contributed by atoms with Crippen molar-refractivity contribution in [1.29, 1.82) is 0 Å². The van der Waals surface area contributed by atoms with E-state index in [-0.39, 0.29) is 11.9 Å². The van der Waals surface area contributed by atoms with E-state index in [1.165, 1.54) is 16.7 Å². The molecule has 0 spiro atoms. The van der Waals surface area contributed by atoms with Crippen LogP contribution in [0.2, 0.25) is 0 Å². The summed E-state index contributed by atoms with van der Waals surface area (Å²) < 4.78 is 0. The van der Waals surface area contributed by atoms with Gasteiger partial charge in [-0.3, -0.25) is 4.79 Å². The molecule has 1 unspecified atom stereocenters. The van der Waals surface area contributed by atoms with E-state index in [1.807, 2.05) is 13.8 Å². The molecule has 0 fully saturated rings. The molecule has 1 amide bonds. The van der Waals surface area contributed by atoms with Crippen molar-refractivity contribution in [2.45, 2.75) is 40.7 Å². The number of hydrogen-bond donors (Lipinski definition) is 2. The van der Waals surface area contributed by atoms with Gasteiger partial charge in [0.15, 0.2) is 0 Å². The second-order valence-corrected chi connectivity index (χ2v) is 5.91. The minimum atomic E-state index is -0.400. The summed E-state index contributed by atoms with van der Waals surface area (Å²) in [5.41, 5.74) is 3.47. The molecule has 0 heterocycles. The molecule has 106 valence electrons. The topological polar surface area (TPSA) is 41.1 Å². The summed E-state index contributed by atoms with van der Waals surface area (Å²) in [4.78, 5) is 11.7. The third kappa shape index (κ3) is 4.06. The lowest BCUT2D eigenvalue weighted by Gasteiger charge is -2.25. The van der Waals surface area contributed by atoms with Crippen LogP contribution in [0.25, 0.3) is 0 Å². The first-order valence-electron chi connectivity index (χ1n) is 6.80. The standard InChI is InChI=1S/C16H26N2O/c1-11-7-8-14(9-12(11)2)13(3)18-10-16(4,5)15(19)17-6/h7-9,13,18H,10H2,1-6H3,(H,17,19). The fourth-order valence-electron chi connectivity index (χ4n) is 1.98. The molecular formula is C16H26N2O. The zero-order chi connectivity index (χ0) is 14.6. The van der Waals surface area contributed by atoms with Crippen molar-refractivity contribution in [3.8, 4) is 0 Å². The Morgan fingerprint density at radius 2 is 1.89 bits per heavy atom. The van der Waals surface area contributed by atoms with Crippen LogP contribution in [0.4, 0.5) is 0 Å². The highest BCUT2D eigenvalue weighted by molar-refractivity contribution is 5.81. The molecule has 0 aliphatic heterocycles. The highest BCUT2D eigenvalue weighted by Gasteiger charge is 2.26. The first kappa shape index (κ1) is 15.7. The van der Waals surface area contributed by atoms with Gasteiger partial charge in [-0.2, -0.15) is 0 Å². The summed E-state index contributed by atoms with van der Waals surface area (Å²) in [5.74, 6) is 0.0623. The third-order valence-corrected chi connectivity index (χ3v) is 3.72. The summed E-state index contributed by atoms with van der Waals surface area (Å²) in [6.07, 6.45) is 0. The average Bonchev–Trinajstić information content (AvgIpc) is 2.38. The van der Waals surface area contributed by atoms with Crippen molar-refractivity contribution in [3.63, 3.8) is 0 Å². The summed E-state index contributed by atoms with van der Waals surface area (Å²) in [6, 6.07) is 6.74. The van der Waals surface area contributed by atoms with Gasteiger partial charge in [-0.15, -0.1) is 0 Å². The van der Waals surface area contributed by atoms with E-state index in [1.54, 1.807) is 7.05 Å². The summed E-state index contributed by atoms with van der Waals surface area (Å²) in [6.45, 7) is 10.9. The van der Waals surface area contributed by atoms with Crippen LogP contribution < -0.4 is 10.6 Å². The molecule has 0 aromatic heterocycles. The smallest absolute Gasteiger partial charge is 0.226 e. The monoisotopic (exact) mass is 262 g/mol. The molecule has 0 bridgehead atoms. The van der Waals surface area contributed by atoms with Gasteiger partial charge in [0.25, 0.3) is 0 Å². The molecule has 1 aromatic rings. The third-order valence-electron chi connectivity index (χ3n) is 3.72. The second-order valence-electron chi connectivity index (χ2n) is 5.91.